The van der Waals surface area contributed by atoms with Crippen LogP contribution in [0.5, 0.6) is 0 Å². The molecule has 10 nitrogen and oxygen atoms in total. The van der Waals surface area contributed by atoms with Crippen molar-refractivity contribution in [1.82, 2.24) is 19.9 Å². The van der Waals surface area contributed by atoms with Gasteiger partial charge in [-0.1, -0.05) is 27.7 Å². The Morgan fingerprint density at radius 2 is 1.52 bits per heavy atom. The summed E-state index contributed by atoms with van der Waals surface area (Å²) in [4.78, 5) is 33.5. The molecule has 2 aromatic heterocycles. The molecule has 33 heavy (non-hydrogen) atoms. The van der Waals surface area contributed by atoms with E-state index in [1.165, 1.54) is 0 Å². The number of rotatable bonds is 9. The van der Waals surface area contributed by atoms with Gasteiger partial charge in [0, 0.05) is 47.5 Å². The fourth-order valence-corrected chi connectivity index (χ4v) is 3.49. The zero-order valence-corrected chi connectivity index (χ0v) is 21.6. The van der Waals surface area contributed by atoms with E-state index in [0.29, 0.717) is 54.9 Å². The van der Waals surface area contributed by atoms with Gasteiger partial charge >= 0.3 is 0 Å². The summed E-state index contributed by atoms with van der Waals surface area (Å²) in [5.41, 5.74) is 0.566. The van der Waals surface area contributed by atoms with Crippen LogP contribution in [-0.2, 0) is 14.2 Å². The lowest BCUT2D eigenvalue weighted by Crippen LogP contribution is -2.38. The topological polar surface area (TPSA) is 106 Å². The molecule has 188 valence electrons. The summed E-state index contributed by atoms with van der Waals surface area (Å²) in [7, 11) is 5.05. The number of nitrogens with zero attached hydrogens (tertiary/aromatic N) is 5. The Balaban J connectivity index is 0.00000129. The third-order valence-electron chi connectivity index (χ3n) is 5.13. The molecule has 2 aromatic rings. The molecule has 0 saturated carbocycles. The van der Waals surface area contributed by atoms with E-state index in [4.69, 9.17) is 19.2 Å². The number of piperidine rings is 1. The Hall–Kier alpha value is -2.30. The van der Waals surface area contributed by atoms with Gasteiger partial charge in [-0.15, -0.1) is 0 Å². The number of H-pyrrole nitrogens is 1. The van der Waals surface area contributed by atoms with Gasteiger partial charge in [0.05, 0.1) is 19.3 Å². The first-order valence-electron chi connectivity index (χ1n) is 11.9. The monoisotopic (exact) mass is 466 g/mol. The molecule has 3 heterocycles. The lowest BCUT2D eigenvalue weighted by Gasteiger charge is -2.33. The molecule has 1 aliphatic heterocycles. The Bertz CT molecular complexity index is 860. The number of anilines is 2. The highest BCUT2D eigenvalue weighted by molar-refractivity contribution is 5.86. The second kappa shape index (κ2) is 15.5. The highest BCUT2D eigenvalue weighted by Crippen LogP contribution is 2.27. The Labute approximate surface area is 197 Å². The van der Waals surface area contributed by atoms with E-state index in [1.807, 2.05) is 32.6 Å². The Morgan fingerprint density at radius 3 is 2.03 bits per heavy atom. The van der Waals surface area contributed by atoms with Crippen LogP contribution in [0.3, 0.4) is 0 Å². The predicted octanol–water partition coefficient (Wildman–Crippen LogP) is 2.79. The van der Waals surface area contributed by atoms with E-state index < -0.39 is 0 Å². The average molecular weight is 467 g/mol. The molecular formula is C23H42N6O4. The van der Waals surface area contributed by atoms with Gasteiger partial charge in [-0.2, -0.15) is 4.98 Å². The zero-order chi connectivity index (χ0) is 24.8. The molecule has 1 aliphatic rings. The second-order valence-electron chi connectivity index (χ2n) is 7.09. The number of hydrogen-bond donors (Lipinski definition) is 1. The van der Waals surface area contributed by atoms with Crippen molar-refractivity contribution in [3.8, 4) is 0 Å². The van der Waals surface area contributed by atoms with Crippen LogP contribution in [0.4, 0.5) is 11.8 Å². The van der Waals surface area contributed by atoms with Crippen molar-refractivity contribution in [3.63, 3.8) is 0 Å². The van der Waals surface area contributed by atoms with Gasteiger partial charge in [0.15, 0.2) is 11.3 Å². The zero-order valence-electron chi connectivity index (χ0n) is 21.6. The summed E-state index contributed by atoms with van der Waals surface area (Å²) in [5, 5.41) is 0. The maximum atomic E-state index is 12.6. The lowest BCUT2D eigenvalue weighted by molar-refractivity contribution is 0.0818. The number of nitrogens with one attached hydrogen (secondary N) is 1. The van der Waals surface area contributed by atoms with E-state index in [1.54, 1.807) is 28.3 Å². The highest BCUT2D eigenvalue weighted by Gasteiger charge is 2.25. The van der Waals surface area contributed by atoms with Crippen molar-refractivity contribution in [2.24, 2.45) is 0 Å². The molecule has 0 unspecified atom stereocenters. The Kier molecular flexibility index (Phi) is 13.5. The summed E-state index contributed by atoms with van der Waals surface area (Å²) in [6, 6.07) is 0. The number of aromatic amines is 1. The van der Waals surface area contributed by atoms with Gasteiger partial charge in [-0.3, -0.25) is 4.79 Å². The van der Waals surface area contributed by atoms with Crippen molar-refractivity contribution in [1.29, 1.82) is 0 Å². The lowest BCUT2D eigenvalue weighted by atomic mass is 10.1. The third kappa shape index (κ3) is 7.90. The summed E-state index contributed by atoms with van der Waals surface area (Å²) >= 11 is 0. The fraction of sp³-hybridized carbons (Fsp3) is 0.739. The molecule has 0 aromatic carbocycles. The molecule has 1 N–H and O–H groups in total. The van der Waals surface area contributed by atoms with Gasteiger partial charge in [-0.05, 0) is 19.8 Å². The molecule has 0 amide bonds. The molecule has 0 radical (unpaired) electrons. The van der Waals surface area contributed by atoms with E-state index in [9.17, 15) is 4.79 Å². The first kappa shape index (κ1) is 28.7. The second-order valence-corrected chi connectivity index (χ2v) is 7.09. The molecule has 0 spiro atoms. The van der Waals surface area contributed by atoms with E-state index in [-0.39, 0.29) is 11.7 Å². The van der Waals surface area contributed by atoms with Crippen LogP contribution in [0.15, 0.2) is 4.79 Å². The number of aryl methyl sites for hydroxylation is 1. The van der Waals surface area contributed by atoms with Crippen LogP contribution in [0, 0.1) is 6.92 Å². The van der Waals surface area contributed by atoms with Crippen LogP contribution < -0.4 is 15.4 Å². The number of methoxy groups -OCH3 is 3. The Morgan fingerprint density at radius 1 is 0.939 bits per heavy atom. The molecule has 10 heteroatoms. The highest BCUT2D eigenvalue weighted by atomic mass is 16.5. The van der Waals surface area contributed by atoms with Crippen LogP contribution in [-0.4, -0.2) is 86.8 Å². The van der Waals surface area contributed by atoms with Gasteiger partial charge < -0.3 is 29.0 Å². The smallest absolute Gasteiger partial charge is 0.277 e. The first-order chi connectivity index (χ1) is 16.1. The van der Waals surface area contributed by atoms with Gasteiger partial charge in [0.1, 0.15) is 11.3 Å². The molecule has 3 rings (SSSR count). The summed E-state index contributed by atoms with van der Waals surface area (Å²) in [6.45, 7) is 13.5. The molecular weight excluding hydrogens is 424 g/mol. The quantitative estimate of drug-likeness (QED) is 0.597. The maximum absolute atomic E-state index is 12.6. The normalized spacial score (nSPS) is 13.8. The predicted molar refractivity (Wildman–Crippen MR) is 134 cm³/mol. The van der Waals surface area contributed by atoms with Gasteiger partial charge in [-0.25, -0.2) is 9.97 Å². The summed E-state index contributed by atoms with van der Waals surface area (Å²) < 4.78 is 15.9. The van der Waals surface area contributed by atoms with E-state index in [2.05, 4.69) is 19.9 Å². The number of aromatic nitrogens is 4. The van der Waals surface area contributed by atoms with Crippen LogP contribution in [0.1, 0.15) is 46.4 Å². The number of ether oxygens (including phenoxy) is 3. The molecule has 1 saturated heterocycles. The molecule has 0 atom stereocenters. The fourth-order valence-electron chi connectivity index (χ4n) is 3.49. The van der Waals surface area contributed by atoms with Crippen LogP contribution in [0.2, 0.25) is 0 Å². The first-order valence-corrected chi connectivity index (χ1v) is 11.9. The van der Waals surface area contributed by atoms with E-state index in [0.717, 1.165) is 25.9 Å². The third-order valence-corrected chi connectivity index (χ3v) is 5.13. The largest absolute Gasteiger partial charge is 0.383 e. The molecule has 1 fully saturated rings. The average Bonchev–Trinajstić information content (AvgIpc) is 2.86. The van der Waals surface area contributed by atoms with Crippen LogP contribution in [0.25, 0.3) is 11.0 Å². The van der Waals surface area contributed by atoms with Crippen molar-refractivity contribution < 1.29 is 14.2 Å². The van der Waals surface area contributed by atoms with Crippen molar-refractivity contribution in [2.75, 3.05) is 70.5 Å². The van der Waals surface area contributed by atoms with Crippen molar-refractivity contribution >= 4 is 22.8 Å². The standard InChI is InChI=1S/C19H30N6O4.2C2H6/c1-13-20-15-16(18(26)21-13)22-19(25(9-11-27-2)10-12-28-3)23-17(15)24-7-5-14(29-4)6-8-24;2*1-2/h14H,5-12H2,1-4H3,(H,20,21,26);2*1-2H3. The summed E-state index contributed by atoms with van der Waals surface area (Å²) in [6.07, 6.45) is 2.05. The van der Waals surface area contributed by atoms with Gasteiger partial charge in [0.2, 0.25) is 5.95 Å². The van der Waals surface area contributed by atoms with Gasteiger partial charge in [0.25, 0.3) is 5.56 Å². The SMILES string of the molecule is CC.CC.COCCN(CCOC)c1nc(N2CCC(OC)CC2)c2nc(C)[nH]c(=O)c2n1. The minimum Gasteiger partial charge on any atom is -0.383 e. The van der Waals surface area contributed by atoms with Crippen LogP contribution >= 0.6 is 0 Å². The number of hydrogen-bond acceptors (Lipinski definition) is 9. The van der Waals surface area contributed by atoms with Crippen molar-refractivity contribution in [3.05, 3.63) is 16.2 Å². The minimum atomic E-state index is -0.261. The molecule has 0 bridgehead atoms. The van der Waals surface area contributed by atoms with Crippen molar-refractivity contribution in [2.45, 2.75) is 53.6 Å². The van der Waals surface area contributed by atoms with E-state index >= 15 is 0 Å². The number of fused-ring (bicyclic) bond motifs is 1. The summed E-state index contributed by atoms with van der Waals surface area (Å²) in [5.74, 6) is 1.71. The minimum absolute atomic E-state index is 0.247. The molecule has 0 aliphatic carbocycles. The maximum Gasteiger partial charge on any atom is 0.277 e.